The Bertz CT molecular complexity index is 566. The summed E-state index contributed by atoms with van der Waals surface area (Å²) in [6, 6.07) is 16.6. The van der Waals surface area contributed by atoms with Crippen LogP contribution < -0.4 is 0 Å². The Morgan fingerprint density at radius 2 is 1.06 bits per heavy atom. The first-order valence-corrected chi connectivity index (χ1v) is 5.72. The molecule has 78 valence electrons. The van der Waals surface area contributed by atoms with Crippen molar-refractivity contribution in [2.24, 2.45) is 0 Å². The van der Waals surface area contributed by atoms with E-state index in [2.05, 4.69) is 43.3 Å². The summed E-state index contributed by atoms with van der Waals surface area (Å²) in [5.41, 5.74) is 1.30. The number of aryl methyl sites for hydroxylation is 1. The van der Waals surface area contributed by atoms with Crippen LogP contribution in [0.2, 0.25) is 5.02 Å². The number of halogens is 1. The van der Waals surface area contributed by atoms with Crippen LogP contribution in [0.5, 0.6) is 0 Å². The Hall–Kier alpha value is -1.53. The van der Waals surface area contributed by atoms with E-state index in [1.165, 1.54) is 16.3 Å². The molecule has 3 rings (SSSR count). The van der Waals surface area contributed by atoms with Gasteiger partial charge in [-0.25, -0.2) is 0 Å². The quantitative estimate of drug-likeness (QED) is 0.476. The molecule has 1 heteroatoms. The average molecular weight is 227 g/mol. The second-order valence-electron chi connectivity index (χ2n) is 4.03. The van der Waals surface area contributed by atoms with Crippen molar-refractivity contribution >= 4 is 33.1 Å². The lowest BCUT2D eigenvalue weighted by molar-refractivity contribution is 1.58. The Labute approximate surface area is 99.5 Å². The second-order valence-corrected chi connectivity index (χ2v) is 4.41. The van der Waals surface area contributed by atoms with Crippen LogP contribution in [0, 0.1) is 6.92 Å². The summed E-state index contributed by atoms with van der Waals surface area (Å²) < 4.78 is 0. The van der Waals surface area contributed by atoms with Gasteiger partial charge in [-0.15, -0.1) is 0 Å². The molecule has 0 aromatic heterocycles. The molecular formula is C15H11Cl. The monoisotopic (exact) mass is 226 g/mol. The van der Waals surface area contributed by atoms with Gasteiger partial charge in [0.25, 0.3) is 0 Å². The lowest BCUT2D eigenvalue weighted by Gasteiger charge is -2.09. The van der Waals surface area contributed by atoms with Crippen molar-refractivity contribution < 1.29 is 0 Å². The molecule has 0 aliphatic heterocycles. The molecule has 0 saturated heterocycles. The summed E-state index contributed by atoms with van der Waals surface area (Å²) in [7, 11) is 0. The van der Waals surface area contributed by atoms with E-state index in [1.54, 1.807) is 0 Å². The van der Waals surface area contributed by atoms with Gasteiger partial charge in [0.05, 0.1) is 5.02 Å². The van der Waals surface area contributed by atoms with Gasteiger partial charge >= 0.3 is 0 Å². The maximum atomic E-state index is 6.45. The molecule has 0 radical (unpaired) electrons. The summed E-state index contributed by atoms with van der Waals surface area (Å²) in [5.74, 6) is 0. The molecule has 0 unspecified atom stereocenters. The molecule has 3 aromatic carbocycles. The van der Waals surface area contributed by atoms with Gasteiger partial charge in [0.15, 0.2) is 0 Å². The highest BCUT2D eigenvalue weighted by Crippen LogP contribution is 2.35. The Morgan fingerprint density at radius 3 is 1.50 bits per heavy atom. The summed E-state index contributed by atoms with van der Waals surface area (Å²) >= 11 is 6.45. The van der Waals surface area contributed by atoms with Gasteiger partial charge in [-0.2, -0.15) is 0 Å². The van der Waals surface area contributed by atoms with Gasteiger partial charge in [-0.1, -0.05) is 60.1 Å². The molecule has 0 atom stereocenters. The highest BCUT2D eigenvalue weighted by molar-refractivity contribution is 6.41. The molecule has 16 heavy (non-hydrogen) atoms. The first-order chi connectivity index (χ1) is 7.79. The number of hydrogen-bond acceptors (Lipinski definition) is 0. The Kier molecular flexibility index (Phi) is 2.12. The van der Waals surface area contributed by atoms with E-state index >= 15 is 0 Å². The largest absolute Gasteiger partial charge is 0.0830 e. The number of fused-ring (bicyclic) bond motifs is 2. The van der Waals surface area contributed by atoms with Crippen LogP contribution in [0.4, 0.5) is 0 Å². The van der Waals surface area contributed by atoms with Crippen LogP contribution in [0.1, 0.15) is 5.56 Å². The molecule has 0 N–H and O–H groups in total. The van der Waals surface area contributed by atoms with E-state index in [9.17, 15) is 0 Å². The highest BCUT2D eigenvalue weighted by Gasteiger charge is 2.08. The van der Waals surface area contributed by atoms with Crippen LogP contribution in [-0.2, 0) is 0 Å². The minimum atomic E-state index is 0.858. The van der Waals surface area contributed by atoms with Crippen LogP contribution in [0.25, 0.3) is 21.5 Å². The van der Waals surface area contributed by atoms with E-state index in [4.69, 9.17) is 11.6 Å². The van der Waals surface area contributed by atoms with E-state index in [0.29, 0.717) is 0 Å². The minimum Gasteiger partial charge on any atom is -0.0830 e. The molecule has 0 spiro atoms. The lowest BCUT2D eigenvalue weighted by atomic mass is 9.98. The lowest BCUT2D eigenvalue weighted by Crippen LogP contribution is -1.84. The number of rotatable bonds is 0. The summed E-state index contributed by atoms with van der Waals surface area (Å²) in [6.45, 7) is 2.15. The fourth-order valence-corrected chi connectivity index (χ4v) is 2.62. The van der Waals surface area contributed by atoms with E-state index in [0.717, 1.165) is 15.8 Å². The first kappa shape index (κ1) is 9.68. The first-order valence-electron chi connectivity index (χ1n) is 5.34. The summed E-state index contributed by atoms with van der Waals surface area (Å²) in [5, 5.41) is 5.62. The average Bonchev–Trinajstić information content (AvgIpc) is 2.36. The predicted octanol–water partition coefficient (Wildman–Crippen LogP) is 4.95. The fourth-order valence-electron chi connectivity index (χ4n) is 2.29. The highest BCUT2D eigenvalue weighted by atomic mass is 35.5. The molecule has 0 heterocycles. The van der Waals surface area contributed by atoms with Crippen molar-refractivity contribution in [3.8, 4) is 0 Å². The smallest absolute Gasteiger partial charge is 0.0562 e. The molecule has 0 amide bonds. The molecule has 0 bridgehead atoms. The zero-order chi connectivity index (χ0) is 11.1. The van der Waals surface area contributed by atoms with Gasteiger partial charge in [0.2, 0.25) is 0 Å². The van der Waals surface area contributed by atoms with Crippen molar-refractivity contribution in [3.05, 3.63) is 59.1 Å². The third-order valence-electron chi connectivity index (χ3n) is 3.14. The molecule has 0 aliphatic carbocycles. The van der Waals surface area contributed by atoms with E-state index < -0.39 is 0 Å². The van der Waals surface area contributed by atoms with Gasteiger partial charge in [-0.05, 0) is 23.3 Å². The molecule has 0 saturated carbocycles. The molecule has 0 fully saturated rings. The number of hydrogen-bond donors (Lipinski definition) is 0. The van der Waals surface area contributed by atoms with E-state index in [-0.39, 0.29) is 0 Å². The van der Waals surface area contributed by atoms with Gasteiger partial charge < -0.3 is 0 Å². The normalized spacial score (nSPS) is 11.1. The van der Waals surface area contributed by atoms with Gasteiger partial charge in [0.1, 0.15) is 0 Å². The standard InChI is InChI=1S/C15H11Cl/c1-10-11-6-2-4-8-13(11)15(16)14-9-5-3-7-12(10)14/h2-9H,1H3. The van der Waals surface area contributed by atoms with Crippen molar-refractivity contribution in [2.75, 3.05) is 0 Å². The zero-order valence-corrected chi connectivity index (χ0v) is 9.75. The van der Waals surface area contributed by atoms with Crippen molar-refractivity contribution in [3.63, 3.8) is 0 Å². The summed E-state index contributed by atoms with van der Waals surface area (Å²) in [6.07, 6.45) is 0. The van der Waals surface area contributed by atoms with Gasteiger partial charge in [0, 0.05) is 10.8 Å². The molecule has 0 aliphatic rings. The third kappa shape index (κ3) is 1.23. The van der Waals surface area contributed by atoms with Crippen LogP contribution in [0.15, 0.2) is 48.5 Å². The third-order valence-corrected chi connectivity index (χ3v) is 3.54. The number of benzene rings is 3. The van der Waals surface area contributed by atoms with Crippen LogP contribution >= 0.6 is 11.6 Å². The van der Waals surface area contributed by atoms with Crippen molar-refractivity contribution in [1.82, 2.24) is 0 Å². The maximum Gasteiger partial charge on any atom is 0.0562 e. The molecule has 0 nitrogen and oxygen atoms in total. The summed E-state index contributed by atoms with van der Waals surface area (Å²) in [4.78, 5) is 0. The van der Waals surface area contributed by atoms with Crippen LogP contribution in [-0.4, -0.2) is 0 Å². The van der Waals surface area contributed by atoms with Crippen molar-refractivity contribution in [1.29, 1.82) is 0 Å². The predicted molar refractivity (Wildman–Crippen MR) is 71.2 cm³/mol. The minimum absolute atomic E-state index is 0.858. The second kappa shape index (κ2) is 3.50. The van der Waals surface area contributed by atoms with E-state index in [1.807, 2.05) is 12.1 Å². The Morgan fingerprint density at radius 1 is 0.688 bits per heavy atom. The fraction of sp³-hybridized carbons (Fsp3) is 0.0667. The topological polar surface area (TPSA) is 0 Å². The van der Waals surface area contributed by atoms with Crippen LogP contribution in [0.3, 0.4) is 0 Å². The van der Waals surface area contributed by atoms with Crippen molar-refractivity contribution in [2.45, 2.75) is 6.92 Å². The maximum absolute atomic E-state index is 6.45. The molecule has 3 aromatic rings. The SMILES string of the molecule is Cc1c2ccccc2c(Cl)c2ccccc12. The Balaban J connectivity index is 2.67. The van der Waals surface area contributed by atoms with Gasteiger partial charge in [-0.3, -0.25) is 0 Å². The zero-order valence-electron chi connectivity index (χ0n) is 9.00. The molecular weight excluding hydrogens is 216 g/mol.